The van der Waals surface area contributed by atoms with Gasteiger partial charge in [-0.15, -0.1) is 0 Å². The fraction of sp³-hybridized carbons (Fsp3) is 0.500. The van der Waals surface area contributed by atoms with Crippen LogP contribution in [0.3, 0.4) is 0 Å². The van der Waals surface area contributed by atoms with Crippen molar-refractivity contribution in [2.75, 3.05) is 20.3 Å². The van der Waals surface area contributed by atoms with Crippen molar-refractivity contribution >= 4 is 17.5 Å². The Morgan fingerprint density at radius 1 is 1.65 bits per heavy atom. The molecule has 1 aliphatic rings. The highest BCUT2D eigenvalue weighted by molar-refractivity contribution is 6.18. The summed E-state index contributed by atoms with van der Waals surface area (Å²) >= 11 is 0. The fourth-order valence-corrected chi connectivity index (χ4v) is 1.53. The number of hydrogen-bond donors (Lipinski definition) is 4. The van der Waals surface area contributed by atoms with Gasteiger partial charge in [-0.2, -0.15) is 0 Å². The van der Waals surface area contributed by atoms with Crippen molar-refractivity contribution in [2.24, 2.45) is 16.5 Å². The molecule has 6 N–H and O–H groups in total. The Labute approximate surface area is 99.4 Å². The first-order valence-corrected chi connectivity index (χ1v) is 5.20. The quantitative estimate of drug-likeness (QED) is 0.277. The van der Waals surface area contributed by atoms with Crippen molar-refractivity contribution in [3.05, 3.63) is 11.8 Å². The Morgan fingerprint density at radius 2 is 2.35 bits per heavy atom. The lowest BCUT2D eigenvalue weighted by molar-refractivity contribution is -0.114. The molecule has 1 fully saturated rings. The Hall–Kier alpha value is -1.89. The highest BCUT2D eigenvalue weighted by Gasteiger charge is 2.19. The average Bonchev–Trinajstić information content (AvgIpc) is 2.29. The summed E-state index contributed by atoms with van der Waals surface area (Å²) in [6, 6.07) is -0.109. The van der Waals surface area contributed by atoms with Crippen molar-refractivity contribution in [1.82, 2.24) is 5.32 Å². The summed E-state index contributed by atoms with van der Waals surface area (Å²) in [6.07, 6.45) is 2.09. The molecule has 0 saturated carbocycles. The van der Waals surface area contributed by atoms with E-state index in [4.69, 9.17) is 21.6 Å². The number of aliphatic imine (C=N–C) groups is 1. The molecule has 0 spiro atoms. The van der Waals surface area contributed by atoms with Crippen LogP contribution in [-0.4, -0.2) is 43.8 Å². The number of amidine groups is 1. The van der Waals surface area contributed by atoms with E-state index in [9.17, 15) is 4.79 Å². The molecule has 1 aliphatic heterocycles. The van der Waals surface area contributed by atoms with Crippen LogP contribution in [0.2, 0.25) is 0 Å². The third-order valence-corrected chi connectivity index (χ3v) is 2.46. The lowest BCUT2D eigenvalue weighted by Gasteiger charge is -2.24. The molecule has 17 heavy (non-hydrogen) atoms. The summed E-state index contributed by atoms with van der Waals surface area (Å²) in [7, 11) is 1.71. The van der Waals surface area contributed by atoms with Crippen LogP contribution in [0.25, 0.3) is 0 Å². The minimum atomic E-state index is -0.739. The van der Waals surface area contributed by atoms with Crippen LogP contribution in [0.15, 0.2) is 16.8 Å². The van der Waals surface area contributed by atoms with Crippen molar-refractivity contribution < 1.29 is 9.53 Å². The maximum Gasteiger partial charge on any atom is 0.253 e. The number of amides is 1. The van der Waals surface area contributed by atoms with Gasteiger partial charge in [-0.25, -0.2) is 0 Å². The van der Waals surface area contributed by atoms with E-state index >= 15 is 0 Å². The standard InChI is InChI=1S/C10H17N5O2/c1-14-7-2-3-17-5-8(7)15-4-6(9(11)12)10(13)16/h4,8,15H,2-3,5H2,1H3,(H3,11,12)(H2,13,16)/b6-4+,14-7-. The van der Waals surface area contributed by atoms with Crippen LogP contribution < -0.4 is 16.8 Å². The summed E-state index contributed by atoms with van der Waals surface area (Å²) in [5.74, 6) is -1.10. The summed E-state index contributed by atoms with van der Waals surface area (Å²) in [6.45, 7) is 1.11. The zero-order chi connectivity index (χ0) is 12.8. The molecule has 0 aromatic heterocycles. The second kappa shape index (κ2) is 6.00. The second-order valence-corrected chi connectivity index (χ2v) is 3.60. The molecule has 0 aromatic rings. The molecule has 0 aliphatic carbocycles. The van der Waals surface area contributed by atoms with Crippen LogP contribution in [0.4, 0.5) is 0 Å². The summed E-state index contributed by atoms with van der Waals surface area (Å²) in [5, 5.41) is 10.1. The number of nitrogens with two attached hydrogens (primary N) is 2. The molecule has 94 valence electrons. The molecule has 7 heteroatoms. The predicted octanol–water partition coefficient (Wildman–Crippen LogP) is -1.26. The molecule has 1 saturated heterocycles. The molecule has 7 nitrogen and oxygen atoms in total. The number of ether oxygens (including phenoxy) is 1. The van der Waals surface area contributed by atoms with E-state index in [1.54, 1.807) is 7.05 Å². The Kier molecular flexibility index (Phi) is 4.65. The van der Waals surface area contributed by atoms with E-state index in [0.717, 1.165) is 12.1 Å². The van der Waals surface area contributed by atoms with Crippen molar-refractivity contribution in [3.8, 4) is 0 Å². The first kappa shape index (κ1) is 13.2. The number of carbonyl (C=O) groups excluding carboxylic acids is 1. The van der Waals surface area contributed by atoms with Crippen molar-refractivity contribution in [1.29, 1.82) is 5.41 Å². The van der Waals surface area contributed by atoms with Crippen molar-refractivity contribution in [3.63, 3.8) is 0 Å². The van der Waals surface area contributed by atoms with E-state index in [0.29, 0.717) is 13.2 Å². The fourth-order valence-electron chi connectivity index (χ4n) is 1.53. The van der Waals surface area contributed by atoms with Gasteiger partial charge in [0.05, 0.1) is 24.8 Å². The highest BCUT2D eigenvalue weighted by Crippen LogP contribution is 2.04. The van der Waals surface area contributed by atoms with Gasteiger partial charge >= 0.3 is 0 Å². The van der Waals surface area contributed by atoms with E-state index in [-0.39, 0.29) is 17.5 Å². The highest BCUT2D eigenvalue weighted by atomic mass is 16.5. The number of nitrogens with zero attached hydrogens (tertiary/aromatic N) is 1. The molecule has 1 rings (SSSR count). The molecule has 0 aromatic carbocycles. The molecular formula is C10H17N5O2. The zero-order valence-corrected chi connectivity index (χ0v) is 9.69. The second-order valence-electron chi connectivity index (χ2n) is 3.60. The molecule has 0 radical (unpaired) electrons. The van der Waals surface area contributed by atoms with Gasteiger partial charge in [-0.3, -0.25) is 15.2 Å². The first-order chi connectivity index (χ1) is 8.06. The van der Waals surface area contributed by atoms with Gasteiger partial charge in [0.2, 0.25) is 0 Å². The lowest BCUT2D eigenvalue weighted by atomic mass is 10.1. The molecule has 1 unspecified atom stereocenters. The third-order valence-electron chi connectivity index (χ3n) is 2.46. The maximum atomic E-state index is 11.0. The Balaban J connectivity index is 2.73. The van der Waals surface area contributed by atoms with E-state index in [1.807, 2.05) is 0 Å². The first-order valence-electron chi connectivity index (χ1n) is 5.20. The summed E-state index contributed by atoms with van der Waals surface area (Å²) < 4.78 is 5.29. The van der Waals surface area contributed by atoms with Gasteiger partial charge < -0.3 is 21.5 Å². The SMILES string of the molecule is C/N=C1/CCOCC1N/C=C(\C(=N)N)C(N)=O. The number of carbonyl (C=O) groups is 1. The predicted molar refractivity (Wildman–Crippen MR) is 64.9 cm³/mol. The Bertz CT molecular complexity index is 359. The van der Waals surface area contributed by atoms with Crippen LogP contribution >= 0.6 is 0 Å². The minimum Gasteiger partial charge on any atom is -0.383 e. The number of hydrogen-bond acceptors (Lipinski definition) is 5. The van der Waals surface area contributed by atoms with Gasteiger partial charge in [-0.05, 0) is 0 Å². The molecule has 0 bridgehead atoms. The van der Waals surface area contributed by atoms with E-state index in [2.05, 4.69) is 10.3 Å². The zero-order valence-electron chi connectivity index (χ0n) is 9.69. The third kappa shape index (κ3) is 3.56. The summed E-state index contributed by atoms with van der Waals surface area (Å²) in [5.41, 5.74) is 11.2. The van der Waals surface area contributed by atoms with Gasteiger partial charge in [0, 0.05) is 25.4 Å². The number of primary amides is 1. The van der Waals surface area contributed by atoms with Crippen molar-refractivity contribution in [2.45, 2.75) is 12.5 Å². The molecule has 1 heterocycles. The minimum absolute atomic E-state index is 0.0500. The van der Waals surface area contributed by atoms with Gasteiger partial charge in [0.1, 0.15) is 5.84 Å². The Morgan fingerprint density at radius 3 is 2.88 bits per heavy atom. The van der Waals surface area contributed by atoms with E-state index < -0.39 is 5.91 Å². The topological polar surface area (TPSA) is 127 Å². The molecule has 1 atom stereocenters. The monoisotopic (exact) mass is 239 g/mol. The molecular weight excluding hydrogens is 222 g/mol. The van der Waals surface area contributed by atoms with Crippen LogP contribution in [0.1, 0.15) is 6.42 Å². The van der Waals surface area contributed by atoms with Gasteiger partial charge in [-0.1, -0.05) is 0 Å². The maximum absolute atomic E-state index is 11.0. The largest absolute Gasteiger partial charge is 0.383 e. The lowest BCUT2D eigenvalue weighted by Crippen LogP contribution is -2.43. The van der Waals surface area contributed by atoms with Gasteiger partial charge in [0.25, 0.3) is 5.91 Å². The average molecular weight is 239 g/mol. The molecule has 1 amide bonds. The van der Waals surface area contributed by atoms with Crippen LogP contribution in [-0.2, 0) is 9.53 Å². The van der Waals surface area contributed by atoms with Crippen LogP contribution in [0, 0.1) is 5.41 Å². The number of rotatable bonds is 4. The number of nitrogens with one attached hydrogen (secondary N) is 2. The van der Waals surface area contributed by atoms with Gasteiger partial charge in [0.15, 0.2) is 0 Å². The smallest absolute Gasteiger partial charge is 0.253 e. The van der Waals surface area contributed by atoms with Crippen LogP contribution in [0.5, 0.6) is 0 Å². The summed E-state index contributed by atoms with van der Waals surface area (Å²) in [4.78, 5) is 15.1. The normalized spacial score (nSPS) is 23.5. The van der Waals surface area contributed by atoms with E-state index in [1.165, 1.54) is 6.20 Å².